The third-order valence-corrected chi connectivity index (χ3v) is 6.38. The molecule has 2 unspecified atom stereocenters. The number of halogens is 3. The zero-order chi connectivity index (χ0) is 26.3. The molecule has 2 atom stereocenters. The third kappa shape index (κ3) is 5.17. The fraction of sp³-hybridized carbons (Fsp3) is 0.286. The zero-order valence-corrected chi connectivity index (χ0v) is 20.6. The highest BCUT2D eigenvalue weighted by molar-refractivity contribution is 5.98. The lowest BCUT2D eigenvalue weighted by molar-refractivity contribution is -0.274. The second-order valence-electron chi connectivity index (χ2n) is 9.32. The Morgan fingerprint density at radius 3 is 2.32 bits per heavy atom. The number of anilines is 1. The first-order chi connectivity index (χ1) is 17.6. The van der Waals surface area contributed by atoms with Crippen molar-refractivity contribution in [2.45, 2.75) is 39.3 Å². The van der Waals surface area contributed by atoms with Crippen molar-refractivity contribution < 1.29 is 22.6 Å². The number of morpholine rings is 1. The molecule has 3 heterocycles. The van der Waals surface area contributed by atoms with E-state index < -0.39 is 6.36 Å². The minimum Gasteiger partial charge on any atom is -0.406 e. The van der Waals surface area contributed by atoms with Gasteiger partial charge in [0.25, 0.3) is 5.56 Å². The van der Waals surface area contributed by atoms with Gasteiger partial charge >= 0.3 is 6.36 Å². The number of pyridine rings is 2. The third-order valence-electron chi connectivity index (χ3n) is 6.38. The number of fused-ring (bicyclic) bond motifs is 1. The summed E-state index contributed by atoms with van der Waals surface area (Å²) in [5.74, 6) is 0.532. The first kappa shape index (κ1) is 24.8. The molecule has 0 amide bonds. The average Bonchev–Trinajstić information content (AvgIpc) is 2.85. The Hall–Kier alpha value is -3.85. The van der Waals surface area contributed by atoms with Gasteiger partial charge in [-0.3, -0.25) is 9.36 Å². The van der Waals surface area contributed by atoms with Crippen LogP contribution in [0.5, 0.6) is 5.75 Å². The van der Waals surface area contributed by atoms with Gasteiger partial charge in [0.15, 0.2) is 0 Å². The lowest BCUT2D eigenvalue weighted by atomic mass is 9.96. The smallest absolute Gasteiger partial charge is 0.406 e. The normalized spacial score (nSPS) is 18.3. The standard InChI is InChI=1S/C28H26F3N3O3/c1-17-14-34(21-9-12-25(32-13-21)33-15-18(2)36-19(3)16-33)27(35)24-6-4-5-23(26(17)24)20-7-10-22(11-8-20)37-28(29,30)31/h4-14,18-19H,15-16H2,1-3H3. The average molecular weight is 510 g/mol. The summed E-state index contributed by atoms with van der Waals surface area (Å²) in [7, 11) is 0. The van der Waals surface area contributed by atoms with Crippen molar-refractivity contribution in [3.63, 3.8) is 0 Å². The van der Waals surface area contributed by atoms with Gasteiger partial charge in [-0.1, -0.05) is 24.3 Å². The van der Waals surface area contributed by atoms with Crippen LogP contribution in [-0.2, 0) is 4.74 Å². The van der Waals surface area contributed by atoms with E-state index in [0.717, 1.165) is 35.4 Å². The molecule has 192 valence electrons. The Kier molecular flexibility index (Phi) is 6.41. The molecule has 1 aliphatic rings. The summed E-state index contributed by atoms with van der Waals surface area (Å²) in [6, 6.07) is 14.8. The summed E-state index contributed by atoms with van der Waals surface area (Å²) in [6.45, 7) is 7.47. The number of aromatic nitrogens is 2. The Labute approximate surface area is 211 Å². The molecule has 6 nitrogen and oxygen atoms in total. The van der Waals surface area contributed by atoms with Crippen molar-refractivity contribution in [3.8, 4) is 22.6 Å². The first-order valence-electron chi connectivity index (χ1n) is 12.0. The Morgan fingerprint density at radius 1 is 1.00 bits per heavy atom. The zero-order valence-electron chi connectivity index (χ0n) is 20.6. The molecule has 9 heteroatoms. The second kappa shape index (κ2) is 9.55. The SMILES string of the molecule is Cc1cn(-c2ccc(N3CC(C)OC(C)C3)nc2)c(=O)c2cccc(-c3ccc(OC(F)(F)F)cc3)c12. The number of ether oxygens (including phenoxy) is 2. The molecule has 0 bridgehead atoms. The van der Waals surface area contributed by atoms with Gasteiger partial charge in [-0.2, -0.15) is 0 Å². The molecule has 1 fully saturated rings. The van der Waals surface area contributed by atoms with E-state index in [1.54, 1.807) is 41.2 Å². The molecule has 1 aliphatic heterocycles. The van der Waals surface area contributed by atoms with E-state index in [4.69, 9.17) is 4.74 Å². The van der Waals surface area contributed by atoms with Crippen LogP contribution in [-0.4, -0.2) is 41.2 Å². The predicted molar refractivity (Wildman–Crippen MR) is 136 cm³/mol. The summed E-state index contributed by atoms with van der Waals surface area (Å²) >= 11 is 0. The first-order valence-corrected chi connectivity index (χ1v) is 12.0. The Morgan fingerprint density at radius 2 is 1.70 bits per heavy atom. The van der Waals surface area contributed by atoms with Crippen LogP contribution in [0.15, 0.2) is 71.8 Å². The summed E-state index contributed by atoms with van der Waals surface area (Å²) in [5, 5.41) is 1.25. The maximum absolute atomic E-state index is 13.5. The van der Waals surface area contributed by atoms with Crippen LogP contribution in [0.1, 0.15) is 19.4 Å². The minimum atomic E-state index is -4.76. The topological polar surface area (TPSA) is 56.6 Å². The summed E-state index contributed by atoms with van der Waals surface area (Å²) in [6.07, 6.45) is -1.08. The highest BCUT2D eigenvalue weighted by Gasteiger charge is 2.31. The van der Waals surface area contributed by atoms with Crippen LogP contribution >= 0.6 is 0 Å². The van der Waals surface area contributed by atoms with Gasteiger partial charge in [0.05, 0.1) is 24.1 Å². The largest absolute Gasteiger partial charge is 0.573 e. The quantitative estimate of drug-likeness (QED) is 0.344. The van der Waals surface area contributed by atoms with E-state index in [2.05, 4.69) is 14.6 Å². The molecule has 0 spiro atoms. The van der Waals surface area contributed by atoms with Gasteiger partial charge in [-0.25, -0.2) is 4.98 Å². The summed E-state index contributed by atoms with van der Waals surface area (Å²) in [4.78, 5) is 20.3. The van der Waals surface area contributed by atoms with E-state index in [-0.39, 0.29) is 23.5 Å². The molecular formula is C28H26F3N3O3. The van der Waals surface area contributed by atoms with Crippen molar-refractivity contribution in [3.05, 3.63) is 82.9 Å². The van der Waals surface area contributed by atoms with Crippen molar-refractivity contribution in [2.24, 2.45) is 0 Å². The second-order valence-corrected chi connectivity index (χ2v) is 9.32. The molecule has 1 saturated heterocycles. The maximum atomic E-state index is 13.5. The molecule has 0 saturated carbocycles. The van der Waals surface area contributed by atoms with Crippen LogP contribution < -0.4 is 15.2 Å². The van der Waals surface area contributed by atoms with E-state index in [0.29, 0.717) is 16.6 Å². The van der Waals surface area contributed by atoms with Gasteiger partial charge in [0.2, 0.25) is 0 Å². The summed E-state index contributed by atoms with van der Waals surface area (Å²) in [5.41, 5.74) is 2.72. The highest BCUT2D eigenvalue weighted by atomic mass is 19.4. The number of aryl methyl sites for hydroxylation is 1. The van der Waals surface area contributed by atoms with Crippen LogP contribution in [0.2, 0.25) is 0 Å². The lowest BCUT2D eigenvalue weighted by Crippen LogP contribution is -2.45. The van der Waals surface area contributed by atoms with Crippen molar-refractivity contribution in [1.82, 2.24) is 9.55 Å². The molecule has 0 N–H and O–H groups in total. The molecule has 2 aromatic heterocycles. The van der Waals surface area contributed by atoms with Gasteiger partial charge in [-0.05, 0) is 73.2 Å². The predicted octanol–water partition coefficient (Wildman–Crippen LogP) is 5.87. The van der Waals surface area contributed by atoms with Gasteiger partial charge in [0, 0.05) is 24.7 Å². The summed E-state index contributed by atoms with van der Waals surface area (Å²) < 4.78 is 48.9. The maximum Gasteiger partial charge on any atom is 0.573 e. The Balaban J connectivity index is 1.50. The van der Waals surface area contributed by atoms with Crippen LogP contribution in [0.3, 0.4) is 0 Å². The molecule has 4 aromatic rings. The van der Waals surface area contributed by atoms with Gasteiger partial charge in [-0.15, -0.1) is 13.2 Å². The Bertz CT molecular complexity index is 1470. The molecular weight excluding hydrogens is 483 g/mol. The fourth-order valence-electron chi connectivity index (χ4n) is 4.94. The molecule has 0 radical (unpaired) electrons. The number of alkyl halides is 3. The van der Waals surface area contributed by atoms with Crippen LogP contribution in [0.25, 0.3) is 27.6 Å². The molecule has 5 rings (SSSR count). The minimum absolute atomic E-state index is 0.110. The molecule has 0 aliphatic carbocycles. The fourth-order valence-corrected chi connectivity index (χ4v) is 4.94. The van der Waals surface area contributed by atoms with Crippen molar-refractivity contribution >= 4 is 16.6 Å². The van der Waals surface area contributed by atoms with E-state index in [9.17, 15) is 18.0 Å². The highest BCUT2D eigenvalue weighted by Crippen LogP contribution is 2.32. The van der Waals surface area contributed by atoms with Crippen LogP contribution in [0, 0.1) is 6.92 Å². The van der Waals surface area contributed by atoms with Gasteiger partial charge in [0.1, 0.15) is 11.6 Å². The van der Waals surface area contributed by atoms with Crippen molar-refractivity contribution in [1.29, 1.82) is 0 Å². The lowest BCUT2D eigenvalue weighted by Gasteiger charge is -2.36. The van der Waals surface area contributed by atoms with E-state index in [1.807, 2.05) is 39.0 Å². The number of rotatable bonds is 4. The van der Waals surface area contributed by atoms with Crippen molar-refractivity contribution in [2.75, 3.05) is 18.0 Å². The van der Waals surface area contributed by atoms with Gasteiger partial charge < -0.3 is 14.4 Å². The van der Waals surface area contributed by atoms with E-state index in [1.165, 1.54) is 12.1 Å². The number of nitrogens with zero attached hydrogens (tertiary/aromatic N) is 3. The monoisotopic (exact) mass is 509 g/mol. The number of hydrogen-bond acceptors (Lipinski definition) is 5. The molecule has 37 heavy (non-hydrogen) atoms. The number of hydrogen-bond donors (Lipinski definition) is 0. The molecule has 2 aromatic carbocycles. The van der Waals surface area contributed by atoms with Crippen LogP contribution in [0.4, 0.5) is 19.0 Å². The number of benzene rings is 2. The van der Waals surface area contributed by atoms with E-state index >= 15 is 0 Å².